The van der Waals surface area contributed by atoms with Gasteiger partial charge in [-0.3, -0.25) is 0 Å². The van der Waals surface area contributed by atoms with Crippen LogP contribution in [0.3, 0.4) is 0 Å². The van der Waals surface area contributed by atoms with Crippen LogP contribution in [-0.2, 0) is 0 Å². The van der Waals surface area contributed by atoms with Gasteiger partial charge in [0, 0.05) is 17.5 Å². The lowest BCUT2D eigenvalue weighted by atomic mass is 10.5. The molecule has 0 aliphatic rings. The van der Waals surface area contributed by atoms with Gasteiger partial charge in [-0.2, -0.15) is 0 Å². The first-order chi connectivity index (χ1) is 3.68. The Hall–Kier alpha value is 1.14. The summed E-state index contributed by atoms with van der Waals surface area (Å²) in [5.74, 6) is 0. The molecule has 0 heterocycles. The van der Waals surface area contributed by atoms with E-state index in [4.69, 9.17) is 5.11 Å². The maximum Gasteiger partial charge on any atom is 0.0706 e. The van der Waals surface area contributed by atoms with Gasteiger partial charge in [0.05, 0.1) is 3.39 Å². The van der Waals surface area contributed by atoms with Gasteiger partial charge in [0.25, 0.3) is 0 Å². The fourth-order valence-corrected chi connectivity index (χ4v) is 0.766. The van der Waals surface area contributed by atoms with Crippen molar-refractivity contribution in [2.45, 2.75) is 6.42 Å². The standard InChI is InChI=1S/C4H5Br3O/c5-3(1-2-8)4(6)7/h8H,1-2H2. The Morgan fingerprint density at radius 3 is 1.88 bits per heavy atom. The normalized spacial score (nSPS) is 9.00. The maximum absolute atomic E-state index is 8.38. The van der Waals surface area contributed by atoms with E-state index in [1.165, 1.54) is 0 Å². The van der Waals surface area contributed by atoms with Gasteiger partial charge in [0.1, 0.15) is 0 Å². The van der Waals surface area contributed by atoms with Crippen LogP contribution in [-0.4, -0.2) is 11.7 Å². The van der Waals surface area contributed by atoms with Gasteiger partial charge in [-0.15, -0.1) is 0 Å². The van der Waals surface area contributed by atoms with Gasteiger partial charge in [0.15, 0.2) is 0 Å². The third-order valence-electron chi connectivity index (χ3n) is 0.536. The largest absolute Gasteiger partial charge is 0.396 e. The molecule has 4 heteroatoms. The Morgan fingerprint density at radius 2 is 1.75 bits per heavy atom. The first-order valence-corrected chi connectivity index (χ1v) is 4.37. The average molecular weight is 309 g/mol. The highest BCUT2D eigenvalue weighted by atomic mass is 79.9. The van der Waals surface area contributed by atoms with Gasteiger partial charge in [-0.1, -0.05) is 15.9 Å². The minimum atomic E-state index is 0.168. The quantitative estimate of drug-likeness (QED) is 0.831. The van der Waals surface area contributed by atoms with Crippen molar-refractivity contribution < 1.29 is 5.11 Å². The number of hydrogen-bond acceptors (Lipinski definition) is 1. The third kappa shape index (κ3) is 4.06. The summed E-state index contributed by atoms with van der Waals surface area (Å²) in [5.41, 5.74) is 0. The summed E-state index contributed by atoms with van der Waals surface area (Å²) in [4.78, 5) is 0. The van der Waals surface area contributed by atoms with Crippen molar-refractivity contribution in [3.05, 3.63) is 7.87 Å². The van der Waals surface area contributed by atoms with Crippen LogP contribution in [0.4, 0.5) is 0 Å². The molecule has 8 heavy (non-hydrogen) atoms. The van der Waals surface area contributed by atoms with E-state index in [2.05, 4.69) is 47.8 Å². The Morgan fingerprint density at radius 1 is 1.25 bits per heavy atom. The molecule has 0 radical (unpaired) electrons. The van der Waals surface area contributed by atoms with Crippen molar-refractivity contribution in [1.82, 2.24) is 0 Å². The molecule has 0 saturated heterocycles. The third-order valence-corrected chi connectivity index (χ3v) is 3.35. The van der Waals surface area contributed by atoms with Crippen LogP contribution in [0.25, 0.3) is 0 Å². The monoisotopic (exact) mass is 306 g/mol. The summed E-state index contributed by atoms with van der Waals surface area (Å²) in [5, 5.41) is 8.38. The van der Waals surface area contributed by atoms with E-state index in [-0.39, 0.29) is 6.61 Å². The number of aliphatic hydroxyl groups excluding tert-OH is 1. The van der Waals surface area contributed by atoms with Crippen molar-refractivity contribution in [1.29, 1.82) is 0 Å². The molecule has 0 aromatic heterocycles. The fourth-order valence-electron chi connectivity index (χ4n) is 0.193. The Labute approximate surface area is 73.5 Å². The van der Waals surface area contributed by atoms with Gasteiger partial charge < -0.3 is 5.11 Å². The van der Waals surface area contributed by atoms with E-state index < -0.39 is 0 Å². The molecule has 0 unspecified atom stereocenters. The Kier molecular flexibility index (Phi) is 5.68. The number of halogens is 3. The molecule has 0 aliphatic carbocycles. The predicted octanol–water partition coefficient (Wildman–Crippen LogP) is 2.72. The lowest BCUT2D eigenvalue weighted by Crippen LogP contribution is -1.80. The smallest absolute Gasteiger partial charge is 0.0706 e. The number of aliphatic hydroxyl groups is 1. The van der Waals surface area contributed by atoms with Crippen LogP contribution in [0.15, 0.2) is 7.87 Å². The fraction of sp³-hybridized carbons (Fsp3) is 0.500. The van der Waals surface area contributed by atoms with E-state index in [0.29, 0.717) is 6.42 Å². The lowest BCUT2D eigenvalue weighted by molar-refractivity contribution is 0.302. The minimum Gasteiger partial charge on any atom is -0.396 e. The SMILES string of the molecule is OCCC(Br)=C(Br)Br. The van der Waals surface area contributed by atoms with Gasteiger partial charge in [-0.25, -0.2) is 0 Å². The van der Waals surface area contributed by atoms with E-state index in [1.807, 2.05) is 0 Å². The van der Waals surface area contributed by atoms with Crippen LogP contribution in [0.2, 0.25) is 0 Å². The van der Waals surface area contributed by atoms with E-state index >= 15 is 0 Å². The molecule has 0 rings (SSSR count). The highest BCUT2D eigenvalue weighted by molar-refractivity contribution is 9.29. The molecule has 0 saturated carbocycles. The number of rotatable bonds is 2. The molecule has 0 aromatic rings. The molecule has 1 N–H and O–H groups in total. The molecule has 1 nitrogen and oxygen atoms in total. The van der Waals surface area contributed by atoms with Crippen molar-refractivity contribution >= 4 is 47.8 Å². The molecule has 0 atom stereocenters. The van der Waals surface area contributed by atoms with Crippen LogP contribution in [0, 0.1) is 0 Å². The molecular weight excluding hydrogens is 304 g/mol. The molecule has 0 fully saturated rings. The molecule has 0 bridgehead atoms. The minimum absolute atomic E-state index is 0.168. The van der Waals surface area contributed by atoms with Crippen LogP contribution in [0.1, 0.15) is 6.42 Å². The predicted molar refractivity (Wildman–Crippen MR) is 45.5 cm³/mol. The lowest BCUT2D eigenvalue weighted by Gasteiger charge is -1.92. The van der Waals surface area contributed by atoms with Gasteiger partial charge in [0.2, 0.25) is 0 Å². The first kappa shape index (κ1) is 9.14. The molecule has 0 aromatic carbocycles. The molecule has 0 spiro atoms. The van der Waals surface area contributed by atoms with Crippen molar-refractivity contribution in [3.8, 4) is 0 Å². The zero-order valence-electron chi connectivity index (χ0n) is 4.00. The van der Waals surface area contributed by atoms with Gasteiger partial charge in [-0.05, 0) is 31.9 Å². The summed E-state index contributed by atoms with van der Waals surface area (Å²) >= 11 is 9.59. The molecule has 0 aliphatic heterocycles. The maximum atomic E-state index is 8.38. The second-order valence-corrected chi connectivity index (χ2v) is 4.75. The van der Waals surface area contributed by atoms with E-state index in [9.17, 15) is 0 Å². The Balaban J connectivity index is 3.62. The Bertz CT molecular complexity index is 95.5. The highest BCUT2D eigenvalue weighted by Crippen LogP contribution is 2.25. The second kappa shape index (κ2) is 4.97. The zero-order chi connectivity index (χ0) is 6.57. The molecular formula is C4H5Br3O. The first-order valence-electron chi connectivity index (χ1n) is 1.99. The topological polar surface area (TPSA) is 20.2 Å². The van der Waals surface area contributed by atoms with E-state index in [0.717, 1.165) is 7.87 Å². The summed E-state index contributed by atoms with van der Waals surface area (Å²) in [6.07, 6.45) is 0.645. The molecule has 0 amide bonds. The summed E-state index contributed by atoms with van der Waals surface area (Å²) in [6.45, 7) is 0.168. The van der Waals surface area contributed by atoms with Crippen molar-refractivity contribution in [2.24, 2.45) is 0 Å². The summed E-state index contributed by atoms with van der Waals surface area (Å²) in [6, 6.07) is 0. The van der Waals surface area contributed by atoms with Gasteiger partial charge >= 0.3 is 0 Å². The highest BCUT2D eigenvalue weighted by Gasteiger charge is 1.93. The average Bonchev–Trinajstić information content (AvgIpc) is 1.67. The van der Waals surface area contributed by atoms with Crippen LogP contribution in [0.5, 0.6) is 0 Å². The summed E-state index contributed by atoms with van der Waals surface area (Å²) < 4.78 is 1.80. The molecule has 48 valence electrons. The number of hydrogen-bond donors (Lipinski definition) is 1. The van der Waals surface area contributed by atoms with Crippen molar-refractivity contribution in [2.75, 3.05) is 6.61 Å². The van der Waals surface area contributed by atoms with Crippen molar-refractivity contribution in [3.63, 3.8) is 0 Å². The summed E-state index contributed by atoms with van der Waals surface area (Å²) in [7, 11) is 0. The van der Waals surface area contributed by atoms with E-state index in [1.54, 1.807) is 0 Å². The second-order valence-electron chi connectivity index (χ2n) is 1.14. The van der Waals surface area contributed by atoms with Crippen LogP contribution >= 0.6 is 47.8 Å². The zero-order valence-corrected chi connectivity index (χ0v) is 8.75. The van der Waals surface area contributed by atoms with Crippen LogP contribution < -0.4 is 0 Å².